The maximum Gasteiger partial charge on any atom is 0.319 e. The van der Waals surface area contributed by atoms with Crippen LogP contribution in [0.1, 0.15) is 18.2 Å². The highest BCUT2D eigenvalue weighted by molar-refractivity contribution is 5.89. The van der Waals surface area contributed by atoms with E-state index >= 15 is 0 Å². The van der Waals surface area contributed by atoms with Gasteiger partial charge in [-0.05, 0) is 19.1 Å². The van der Waals surface area contributed by atoms with Gasteiger partial charge in [0.1, 0.15) is 0 Å². The van der Waals surface area contributed by atoms with Crippen LogP contribution in [0.25, 0.3) is 11.3 Å². The van der Waals surface area contributed by atoms with Gasteiger partial charge in [-0.1, -0.05) is 12.1 Å². The summed E-state index contributed by atoms with van der Waals surface area (Å²) in [5.41, 5.74) is 4.74. The van der Waals surface area contributed by atoms with Crippen LogP contribution in [-0.2, 0) is 17.8 Å². The molecule has 9 nitrogen and oxygen atoms in total. The Bertz CT molecular complexity index is 873. The Morgan fingerprint density at radius 3 is 2.90 bits per heavy atom. The number of hydrogen-bond donors (Lipinski definition) is 4. The quantitative estimate of drug-likeness (QED) is 0.596. The fourth-order valence-electron chi connectivity index (χ4n) is 3.60. The number of nitrogens with zero attached hydrogens (tertiary/aromatic N) is 3. The Labute approximate surface area is 169 Å². The van der Waals surface area contributed by atoms with E-state index in [9.17, 15) is 4.79 Å². The zero-order valence-corrected chi connectivity index (χ0v) is 16.4. The largest absolute Gasteiger partial charge is 0.395 e. The first-order valence-electron chi connectivity index (χ1n) is 9.86. The molecule has 0 bridgehead atoms. The molecule has 2 aliphatic rings. The Morgan fingerprint density at radius 2 is 2.14 bits per heavy atom. The fraction of sp³-hybridized carbons (Fsp3) is 0.450. The molecule has 0 aliphatic carbocycles. The summed E-state index contributed by atoms with van der Waals surface area (Å²) in [7, 11) is 0. The topological polar surface area (TPSA) is 112 Å². The predicted octanol–water partition coefficient (Wildman–Crippen LogP) is 1.09. The van der Waals surface area contributed by atoms with Gasteiger partial charge in [-0.2, -0.15) is 0 Å². The molecule has 2 aliphatic heterocycles. The number of rotatable bonds is 5. The number of carbonyl (C=O) groups excluding carboxylic acids is 1. The number of anilines is 2. The number of urea groups is 1. The smallest absolute Gasteiger partial charge is 0.319 e. The molecule has 0 radical (unpaired) electrons. The highest BCUT2D eigenvalue weighted by Gasteiger charge is 2.26. The van der Waals surface area contributed by atoms with E-state index in [1.807, 2.05) is 24.3 Å². The normalized spacial score (nSPS) is 18.4. The van der Waals surface area contributed by atoms with Crippen LogP contribution in [0.3, 0.4) is 0 Å². The van der Waals surface area contributed by atoms with Crippen molar-refractivity contribution >= 4 is 17.7 Å². The minimum Gasteiger partial charge on any atom is -0.395 e. The molecule has 2 amide bonds. The molecule has 4 N–H and O–H groups in total. The minimum atomic E-state index is -0.345. The first kappa shape index (κ1) is 19.6. The van der Waals surface area contributed by atoms with Crippen molar-refractivity contribution in [3.8, 4) is 11.3 Å². The summed E-state index contributed by atoms with van der Waals surface area (Å²) >= 11 is 0. The van der Waals surface area contributed by atoms with Gasteiger partial charge in [0, 0.05) is 43.0 Å². The van der Waals surface area contributed by atoms with Crippen molar-refractivity contribution in [1.29, 1.82) is 0 Å². The number of amides is 2. The van der Waals surface area contributed by atoms with Gasteiger partial charge >= 0.3 is 6.03 Å². The Morgan fingerprint density at radius 1 is 1.31 bits per heavy atom. The van der Waals surface area contributed by atoms with E-state index in [4.69, 9.17) is 19.8 Å². The lowest BCUT2D eigenvalue weighted by Crippen LogP contribution is -2.44. The van der Waals surface area contributed by atoms with Gasteiger partial charge in [-0.25, -0.2) is 14.8 Å². The van der Waals surface area contributed by atoms with Gasteiger partial charge in [0.15, 0.2) is 0 Å². The summed E-state index contributed by atoms with van der Waals surface area (Å²) in [6, 6.07) is 7.49. The lowest BCUT2D eigenvalue weighted by molar-refractivity contribution is 0.0981. The Kier molecular flexibility index (Phi) is 5.89. The monoisotopic (exact) mass is 398 g/mol. The lowest BCUT2D eigenvalue weighted by Gasteiger charge is -2.33. The zero-order valence-electron chi connectivity index (χ0n) is 16.4. The lowest BCUT2D eigenvalue weighted by atomic mass is 10.1. The third kappa shape index (κ3) is 4.31. The first-order chi connectivity index (χ1) is 14.2. The van der Waals surface area contributed by atoms with E-state index in [-0.39, 0.29) is 25.2 Å². The van der Waals surface area contributed by atoms with Gasteiger partial charge in [0.05, 0.1) is 37.3 Å². The molecular weight excluding hydrogens is 372 g/mol. The van der Waals surface area contributed by atoms with E-state index < -0.39 is 0 Å². The number of aromatic nitrogens is 2. The molecule has 0 saturated carbocycles. The third-order valence-corrected chi connectivity index (χ3v) is 5.11. The van der Waals surface area contributed by atoms with Crippen molar-refractivity contribution in [2.24, 2.45) is 0 Å². The molecule has 29 heavy (non-hydrogen) atoms. The molecule has 2 aromatic rings. The Balaban J connectivity index is 1.60. The van der Waals surface area contributed by atoms with Crippen molar-refractivity contribution in [2.75, 3.05) is 43.1 Å². The molecule has 3 heterocycles. The van der Waals surface area contributed by atoms with Crippen LogP contribution in [-0.4, -0.2) is 60.1 Å². The Hall–Kier alpha value is -2.75. The number of aliphatic hydroxyl groups is 1. The minimum absolute atomic E-state index is 0.0939. The molecule has 1 aromatic heterocycles. The van der Waals surface area contributed by atoms with Crippen molar-refractivity contribution in [3.63, 3.8) is 0 Å². The summed E-state index contributed by atoms with van der Waals surface area (Å²) in [6.07, 6.45) is 0. The van der Waals surface area contributed by atoms with Crippen LogP contribution in [0, 0.1) is 0 Å². The van der Waals surface area contributed by atoms with Crippen LogP contribution in [0.4, 0.5) is 16.4 Å². The van der Waals surface area contributed by atoms with Crippen LogP contribution < -0.4 is 20.9 Å². The predicted molar refractivity (Wildman–Crippen MR) is 110 cm³/mol. The first-order valence-corrected chi connectivity index (χ1v) is 9.86. The van der Waals surface area contributed by atoms with Gasteiger partial charge in [-0.15, -0.1) is 0 Å². The van der Waals surface area contributed by atoms with E-state index in [1.165, 1.54) is 0 Å². The molecule has 9 heteroatoms. The van der Waals surface area contributed by atoms with E-state index in [2.05, 4.69) is 27.8 Å². The second-order valence-corrected chi connectivity index (χ2v) is 7.20. The number of nitrogens with one attached hydrogen (secondary N) is 3. The average molecular weight is 398 g/mol. The van der Waals surface area contributed by atoms with Crippen molar-refractivity contribution in [2.45, 2.75) is 26.1 Å². The van der Waals surface area contributed by atoms with Gasteiger partial charge in [-0.3, -0.25) is 0 Å². The number of fused-ring (bicyclic) bond motifs is 1. The summed E-state index contributed by atoms with van der Waals surface area (Å²) in [6.45, 7) is 5.85. The van der Waals surface area contributed by atoms with Crippen molar-refractivity contribution < 1.29 is 14.6 Å². The fourth-order valence-corrected chi connectivity index (χ4v) is 3.60. The number of ether oxygens (including phenoxy) is 1. The van der Waals surface area contributed by atoms with Gasteiger partial charge in [0.2, 0.25) is 5.95 Å². The number of hydrogen-bond acceptors (Lipinski definition) is 7. The second-order valence-electron chi connectivity index (χ2n) is 7.20. The highest BCUT2D eigenvalue weighted by Crippen LogP contribution is 2.30. The number of aliphatic hydroxyl groups excluding tert-OH is 1. The number of benzene rings is 1. The molecule has 1 fully saturated rings. The van der Waals surface area contributed by atoms with Crippen LogP contribution in [0.5, 0.6) is 0 Å². The molecule has 1 unspecified atom stereocenters. The molecule has 154 valence electrons. The molecule has 1 aromatic carbocycles. The number of morpholine rings is 1. The molecule has 4 rings (SSSR count). The molecule has 1 saturated heterocycles. The van der Waals surface area contributed by atoms with E-state index in [0.29, 0.717) is 18.9 Å². The van der Waals surface area contributed by atoms with Gasteiger partial charge in [0.25, 0.3) is 0 Å². The molecule has 0 spiro atoms. The van der Waals surface area contributed by atoms with Crippen molar-refractivity contribution in [1.82, 2.24) is 20.6 Å². The van der Waals surface area contributed by atoms with E-state index in [1.54, 1.807) is 0 Å². The second kappa shape index (κ2) is 8.73. The SMILES string of the molecule is CC1COCCN1c1nc2c(c(-c3ccc(NC(=O)NCCO)cc3)n1)CNC2. The highest BCUT2D eigenvalue weighted by atomic mass is 16.5. The third-order valence-electron chi connectivity index (χ3n) is 5.11. The number of carbonyl (C=O) groups is 1. The van der Waals surface area contributed by atoms with Gasteiger partial charge < -0.3 is 30.7 Å². The summed E-state index contributed by atoms with van der Waals surface area (Å²) in [4.78, 5) is 23.7. The summed E-state index contributed by atoms with van der Waals surface area (Å²) < 4.78 is 5.55. The van der Waals surface area contributed by atoms with E-state index in [0.717, 1.165) is 48.1 Å². The van der Waals surface area contributed by atoms with Crippen LogP contribution >= 0.6 is 0 Å². The average Bonchev–Trinajstić information content (AvgIpc) is 3.21. The maximum absolute atomic E-state index is 11.8. The molecule has 1 atom stereocenters. The van der Waals surface area contributed by atoms with Crippen LogP contribution in [0.15, 0.2) is 24.3 Å². The molecular formula is C20H26N6O3. The standard InChI is InChI=1S/C20H26N6O3/c1-13-12-29-9-7-26(13)19-24-17-11-21-10-16(17)18(25-19)14-2-4-15(5-3-14)23-20(28)22-6-8-27/h2-5,13,21,27H,6-12H2,1H3,(H2,22,23,28). The zero-order chi connectivity index (χ0) is 20.2. The summed E-state index contributed by atoms with van der Waals surface area (Å²) in [5, 5.41) is 17.5. The maximum atomic E-state index is 11.8. The van der Waals surface area contributed by atoms with Crippen molar-refractivity contribution in [3.05, 3.63) is 35.5 Å². The summed E-state index contributed by atoms with van der Waals surface area (Å²) in [5.74, 6) is 0.740. The van der Waals surface area contributed by atoms with Crippen LogP contribution in [0.2, 0.25) is 0 Å².